The molecule has 3 N–H and O–H groups in total. The van der Waals surface area contributed by atoms with Crippen LogP contribution in [0.2, 0.25) is 0 Å². The number of ether oxygens (including phenoxy) is 1. The Hall–Kier alpha value is -2.70. The van der Waals surface area contributed by atoms with Gasteiger partial charge < -0.3 is 25.6 Å². The zero-order valence-electron chi connectivity index (χ0n) is 26.0. The number of fused-ring (bicyclic) bond motifs is 1. The molecule has 1 saturated heterocycles. The molecule has 1 aliphatic carbocycles. The molecule has 2 aliphatic rings. The Labute approximate surface area is 244 Å². The van der Waals surface area contributed by atoms with E-state index in [4.69, 9.17) is 4.74 Å². The second-order valence-corrected chi connectivity index (χ2v) is 16.2. The standard InChI is InChI=1S/C28H48N4O8S/c1-11-12-17(20(33)23(35)29-13-14-41(10,38)39)30-22(34)19-18-16(28(18,8)9)15-32(19)24(36)21(26(2,3)4)31-25(37)40-27(5,6)7/h16-19,21H,11-15H2,1-10H3,(H,29,35)(H,30,34)(H,31,37)/t16?,17?,18?,19?,21-/m1/s1. The van der Waals surface area contributed by atoms with Gasteiger partial charge in [0.1, 0.15) is 27.5 Å². The van der Waals surface area contributed by atoms with Gasteiger partial charge in [-0.1, -0.05) is 48.0 Å². The van der Waals surface area contributed by atoms with E-state index in [2.05, 4.69) is 16.0 Å². The molecule has 1 aliphatic heterocycles. The van der Waals surface area contributed by atoms with Crippen LogP contribution in [0.25, 0.3) is 0 Å². The Kier molecular flexibility index (Phi) is 10.3. The lowest BCUT2D eigenvalue weighted by Crippen LogP contribution is -2.60. The van der Waals surface area contributed by atoms with Gasteiger partial charge in [-0.2, -0.15) is 0 Å². The first-order chi connectivity index (χ1) is 18.5. The summed E-state index contributed by atoms with van der Waals surface area (Å²) in [4.78, 5) is 67.2. The minimum absolute atomic E-state index is 0.0592. The Bertz CT molecular complexity index is 1150. The number of sulfone groups is 1. The van der Waals surface area contributed by atoms with Crippen molar-refractivity contribution in [3.63, 3.8) is 0 Å². The second-order valence-electron chi connectivity index (χ2n) is 13.9. The summed E-state index contributed by atoms with van der Waals surface area (Å²) in [6.07, 6.45) is 0.958. The molecule has 0 spiro atoms. The molecule has 1 saturated carbocycles. The largest absolute Gasteiger partial charge is 0.444 e. The number of hydrogen-bond donors (Lipinski definition) is 3. The third kappa shape index (κ3) is 8.89. The lowest BCUT2D eigenvalue weighted by Gasteiger charge is -2.38. The third-order valence-corrected chi connectivity index (χ3v) is 8.67. The molecule has 0 bridgehead atoms. The maximum atomic E-state index is 13.9. The topological polar surface area (TPSA) is 168 Å². The Morgan fingerprint density at radius 2 is 1.61 bits per heavy atom. The van der Waals surface area contributed by atoms with E-state index in [1.807, 2.05) is 13.8 Å². The van der Waals surface area contributed by atoms with E-state index in [0.29, 0.717) is 13.0 Å². The van der Waals surface area contributed by atoms with E-state index in [0.717, 1.165) is 6.26 Å². The molecule has 12 nitrogen and oxygen atoms in total. The number of nitrogens with zero attached hydrogens (tertiary/aromatic N) is 1. The number of Topliss-reactive ketones (excluding diaryl/α,β-unsaturated/α-hetero) is 1. The van der Waals surface area contributed by atoms with E-state index >= 15 is 0 Å². The molecule has 0 aromatic carbocycles. The van der Waals surface area contributed by atoms with Gasteiger partial charge in [0.05, 0.1) is 11.8 Å². The van der Waals surface area contributed by atoms with Crippen LogP contribution in [-0.4, -0.2) is 91.7 Å². The van der Waals surface area contributed by atoms with Gasteiger partial charge in [-0.15, -0.1) is 0 Å². The normalized spacial score (nSPS) is 23.1. The van der Waals surface area contributed by atoms with Gasteiger partial charge in [0.2, 0.25) is 17.6 Å². The predicted molar refractivity (Wildman–Crippen MR) is 153 cm³/mol. The second kappa shape index (κ2) is 12.3. The van der Waals surface area contributed by atoms with Crippen LogP contribution in [0.4, 0.5) is 4.79 Å². The Morgan fingerprint density at radius 3 is 2.10 bits per heavy atom. The van der Waals surface area contributed by atoms with Crippen LogP contribution in [0.5, 0.6) is 0 Å². The van der Waals surface area contributed by atoms with Crippen molar-refractivity contribution in [1.82, 2.24) is 20.9 Å². The number of piperidine rings is 1. The van der Waals surface area contributed by atoms with Crippen molar-refractivity contribution in [3.05, 3.63) is 0 Å². The number of ketones is 1. The van der Waals surface area contributed by atoms with Crippen LogP contribution >= 0.6 is 0 Å². The van der Waals surface area contributed by atoms with Crippen LogP contribution in [0.1, 0.15) is 75.2 Å². The first kappa shape index (κ1) is 34.5. The van der Waals surface area contributed by atoms with Crippen molar-refractivity contribution in [2.45, 2.75) is 98.9 Å². The van der Waals surface area contributed by atoms with E-state index in [-0.39, 0.29) is 36.0 Å². The first-order valence-corrected chi connectivity index (χ1v) is 16.2. The molecule has 5 atom stereocenters. The molecule has 2 fully saturated rings. The molecule has 4 unspecified atom stereocenters. The van der Waals surface area contributed by atoms with E-state index in [1.165, 1.54) is 4.90 Å². The molecule has 1 heterocycles. The van der Waals surface area contributed by atoms with Gasteiger partial charge >= 0.3 is 6.09 Å². The zero-order chi connectivity index (χ0) is 31.7. The maximum Gasteiger partial charge on any atom is 0.408 e. The average Bonchev–Trinajstić information content (AvgIpc) is 3.13. The summed E-state index contributed by atoms with van der Waals surface area (Å²) in [5.41, 5.74) is -1.68. The molecule has 0 radical (unpaired) electrons. The predicted octanol–water partition coefficient (Wildman–Crippen LogP) is 1.42. The molecule has 0 aromatic heterocycles. The fourth-order valence-corrected chi connectivity index (χ4v) is 5.94. The van der Waals surface area contributed by atoms with Gasteiger partial charge in [-0.25, -0.2) is 13.2 Å². The summed E-state index contributed by atoms with van der Waals surface area (Å²) in [5, 5.41) is 7.70. The van der Waals surface area contributed by atoms with Crippen molar-refractivity contribution >= 4 is 39.4 Å². The number of amides is 4. The van der Waals surface area contributed by atoms with E-state index in [1.54, 1.807) is 48.5 Å². The molecular weight excluding hydrogens is 552 g/mol. The number of nitrogens with one attached hydrogen (secondary N) is 3. The van der Waals surface area contributed by atoms with Crippen molar-refractivity contribution in [2.24, 2.45) is 22.7 Å². The monoisotopic (exact) mass is 600 g/mol. The van der Waals surface area contributed by atoms with Gasteiger partial charge in [-0.3, -0.25) is 19.2 Å². The summed E-state index contributed by atoms with van der Waals surface area (Å²) >= 11 is 0. The molecule has 4 amide bonds. The van der Waals surface area contributed by atoms with Crippen LogP contribution in [0, 0.1) is 22.7 Å². The highest BCUT2D eigenvalue weighted by molar-refractivity contribution is 7.90. The molecule has 234 valence electrons. The minimum Gasteiger partial charge on any atom is -0.444 e. The fraction of sp³-hybridized carbons (Fsp3) is 0.821. The van der Waals surface area contributed by atoms with E-state index < -0.39 is 68.6 Å². The summed E-state index contributed by atoms with van der Waals surface area (Å²) < 4.78 is 28.1. The number of carbonyl (C=O) groups is 5. The van der Waals surface area contributed by atoms with Gasteiger partial charge in [0.15, 0.2) is 0 Å². The maximum absolute atomic E-state index is 13.9. The van der Waals surface area contributed by atoms with Crippen molar-refractivity contribution in [2.75, 3.05) is 25.1 Å². The summed E-state index contributed by atoms with van der Waals surface area (Å²) in [6, 6.07) is -3.02. The Morgan fingerprint density at radius 1 is 1.02 bits per heavy atom. The molecular formula is C28H48N4O8S. The lowest BCUT2D eigenvalue weighted by molar-refractivity contribution is -0.145. The van der Waals surface area contributed by atoms with Crippen molar-refractivity contribution in [1.29, 1.82) is 0 Å². The smallest absolute Gasteiger partial charge is 0.408 e. The van der Waals surface area contributed by atoms with Crippen LogP contribution in [-0.2, 0) is 33.8 Å². The lowest BCUT2D eigenvalue weighted by atomic mass is 9.85. The average molecular weight is 601 g/mol. The quantitative estimate of drug-likeness (QED) is 0.299. The molecule has 13 heteroatoms. The summed E-state index contributed by atoms with van der Waals surface area (Å²) in [7, 11) is -3.33. The summed E-state index contributed by atoms with van der Waals surface area (Å²) in [6.45, 7) is 16.5. The van der Waals surface area contributed by atoms with Crippen LogP contribution in [0.15, 0.2) is 0 Å². The molecule has 0 aromatic rings. The van der Waals surface area contributed by atoms with Gasteiger partial charge in [0, 0.05) is 19.3 Å². The fourth-order valence-electron chi connectivity index (χ4n) is 5.46. The highest BCUT2D eigenvalue weighted by Crippen LogP contribution is 2.65. The number of likely N-dealkylation sites (tertiary alicyclic amines) is 1. The highest BCUT2D eigenvalue weighted by Gasteiger charge is 2.70. The van der Waals surface area contributed by atoms with Crippen molar-refractivity contribution in [3.8, 4) is 0 Å². The minimum atomic E-state index is -3.33. The van der Waals surface area contributed by atoms with Gasteiger partial charge in [0.25, 0.3) is 5.91 Å². The SMILES string of the molecule is CCCC(NC(=O)C1C2C(CN1C(=O)[C@@H](NC(=O)OC(C)(C)C)C(C)(C)C)C2(C)C)C(=O)C(=O)NCCS(C)(=O)=O. The molecule has 2 rings (SSSR count). The zero-order valence-corrected chi connectivity index (χ0v) is 26.9. The van der Waals surface area contributed by atoms with Gasteiger partial charge in [-0.05, 0) is 49.9 Å². The summed E-state index contributed by atoms with van der Waals surface area (Å²) in [5.74, 6) is -3.25. The van der Waals surface area contributed by atoms with Crippen LogP contribution < -0.4 is 16.0 Å². The van der Waals surface area contributed by atoms with Crippen LogP contribution in [0.3, 0.4) is 0 Å². The number of alkyl carbamates (subject to hydrolysis) is 1. The number of hydrogen-bond acceptors (Lipinski definition) is 8. The molecule has 41 heavy (non-hydrogen) atoms. The first-order valence-electron chi connectivity index (χ1n) is 14.1. The van der Waals surface area contributed by atoms with Crippen molar-refractivity contribution < 1.29 is 37.1 Å². The number of carbonyl (C=O) groups excluding carboxylic acids is 5. The number of rotatable bonds is 11. The Balaban J connectivity index is 2.26. The van der Waals surface area contributed by atoms with E-state index in [9.17, 15) is 32.4 Å². The third-order valence-electron chi connectivity index (χ3n) is 7.73. The highest BCUT2D eigenvalue weighted by atomic mass is 32.2.